The molecule has 136 valence electrons. The normalized spacial score (nSPS) is 19.0. The Labute approximate surface area is 159 Å². The zero-order valence-electron chi connectivity index (χ0n) is 13.6. The van der Waals surface area contributed by atoms with Gasteiger partial charge in [0.25, 0.3) is 10.0 Å². The Hall–Kier alpha value is -1.00. The highest BCUT2D eigenvalue weighted by Crippen LogP contribution is 2.34. The Morgan fingerprint density at radius 3 is 2.96 bits per heavy atom. The molecule has 0 bridgehead atoms. The van der Waals surface area contributed by atoms with Gasteiger partial charge in [-0.1, -0.05) is 11.6 Å². The van der Waals surface area contributed by atoms with Crippen molar-refractivity contribution in [2.24, 2.45) is 0 Å². The monoisotopic (exact) mass is 419 g/mol. The van der Waals surface area contributed by atoms with Gasteiger partial charge in [0.1, 0.15) is 4.21 Å². The molecule has 0 spiro atoms. The lowest BCUT2D eigenvalue weighted by Gasteiger charge is -2.30. The number of thiazole rings is 1. The predicted molar refractivity (Wildman–Crippen MR) is 99.7 cm³/mol. The summed E-state index contributed by atoms with van der Waals surface area (Å²) in [6, 6.07) is 3.16. The third-order valence-electron chi connectivity index (χ3n) is 3.96. The Morgan fingerprint density at radius 1 is 1.48 bits per heavy atom. The number of nitrogens with one attached hydrogen (secondary N) is 1. The number of thiophene rings is 1. The summed E-state index contributed by atoms with van der Waals surface area (Å²) in [5.41, 5.74) is 0.806. The molecule has 1 fully saturated rings. The van der Waals surface area contributed by atoms with Crippen molar-refractivity contribution < 1.29 is 13.2 Å². The van der Waals surface area contributed by atoms with E-state index in [2.05, 4.69) is 10.3 Å². The summed E-state index contributed by atoms with van der Waals surface area (Å²) in [7, 11) is -3.51. The van der Waals surface area contributed by atoms with Crippen LogP contribution in [0.4, 0.5) is 0 Å². The van der Waals surface area contributed by atoms with E-state index in [1.807, 2.05) is 5.38 Å². The van der Waals surface area contributed by atoms with E-state index in [0.717, 1.165) is 34.9 Å². The summed E-state index contributed by atoms with van der Waals surface area (Å²) in [5.74, 6) is -0.0193. The van der Waals surface area contributed by atoms with Gasteiger partial charge in [-0.15, -0.1) is 22.7 Å². The molecular formula is C15H18ClN3O3S3. The van der Waals surface area contributed by atoms with E-state index in [4.69, 9.17) is 11.6 Å². The third kappa shape index (κ3) is 4.40. The Kier molecular flexibility index (Phi) is 5.79. The Bertz CT molecular complexity index is 862. The van der Waals surface area contributed by atoms with E-state index in [-0.39, 0.29) is 16.0 Å². The second kappa shape index (κ2) is 7.71. The summed E-state index contributed by atoms with van der Waals surface area (Å²) in [6.45, 7) is 2.80. The lowest BCUT2D eigenvalue weighted by molar-refractivity contribution is -0.119. The summed E-state index contributed by atoms with van der Waals surface area (Å²) < 4.78 is 27.8. The third-order valence-corrected chi connectivity index (χ3v) is 8.58. The molecule has 0 radical (unpaired) electrons. The number of hydrogen-bond acceptors (Lipinski definition) is 6. The summed E-state index contributed by atoms with van der Waals surface area (Å²) in [5, 5.41) is 5.56. The molecule has 1 aliphatic rings. The van der Waals surface area contributed by atoms with Crippen molar-refractivity contribution in [3.05, 3.63) is 32.6 Å². The van der Waals surface area contributed by atoms with E-state index >= 15 is 0 Å². The highest BCUT2D eigenvalue weighted by molar-refractivity contribution is 7.91. The molecule has 2 aromatic heterocycles. The molecular weight excluding hydrogens is 402 g/mol. The summed E-state index contributed by atoms with van der Waals surface area (Å²) in [4.78, 5) is 15.6. The zero-order valence-corrected chi connectivity index (χ0v) is 16.8. The first kappa shape index (κ1) is 18.8. The van der Waals surface area contributed by atoms with Crippen LogP contribution in [0.1, 0.15) is 36.4 Å². The fourth-order valence-corrected chi connectivity index (χ4v) is 6.84. The van der Waals surface area contributed by atoms with Gasteiger partial charge in [0.2, 0.25) is 5.91 Å². The number of hydrogen-bond donors (Lipinski definition) is 1. The lowest BCUT2D eigenvalue weighted by Crippen LogP contribution is -2.38. The number of halogens is 1. The maximum absolute atomic E-state index is 12.8. The van der Waals surface area contributed by atoms with E-state index in [1.54, 1.807) is 12.1 Å². The Balaban J connectivity index is 1.72. The highest BCUT2D eigenvalue weighted by Gasteiger charge is 2.32. The minimum atomic E-state index is -3.51. The van der Waals surface area contributed by atoms with E-state index in [1.165, 1.54) is 22.6 Å². The number of rotatable bonds is 5. The van der Waals surface area contributed by atoms with Crippen LogP contribution in [0.15, 0.2) is 21.7 Å². The van der Waals surface area contributed by atoms with Crippen LogP contribution in [0, 0.1) is 0 Å². The van der Waals surface area contributed by atoms with Crippen LogP contribution < -0.4 is 5.32 Å². The van der Waals surface area contributed by atoms with Gasteiger partial charge in [0, 0.05) is 31.3 Å². The maximum atomic E-state index is 12.8. The molecule has 0 aliphatic carbocycles. The molecule has 1 N–H and O–H groups in total. The van der Waals surface area contributed by atoms with Gasteiger partial charge in [0.15, 0.2) is 0 Å². The minimum Gasteiger partial charge on any atom is -0.351 e. The molecule has 0 aromatic carbocycles. The average Bonchev–Trinajstić information content (AvgIpc) is 3.22. The zero-order chi connectivity index (χ0) is 18.0. The quantitative estimate of drug-likeness (QED) is 0.807. The molecule has 1 aliphatic heterocycles. The van der Waals surface area contributed by atoms with Gasteiger partial charge in [0.05, 0.1) is 21.6 Å². The first-order valence-corrected chi connectivity index (χ1v) is 11.3. The SMILES string of the molecule is CC(=O)NCc1csc([C@H]2CCCN(S(=O)(=O)c3ccc(Cl)s3)C2)n1. The van der Waals surface area contributed by atoms with E-state index < -0.39 is 10.0 Å². The average molecular weight is 420 g/mol. The number of piperidine rings is 1. The van der Waals surface area contributed by atoms with Crippen molar-refractivity contribution in [2.75, 3.05) is 13.1 Å². The highest BCUT2D eigenvalue weighted by atomic mass is 35.5. The van der Waals surface area contributed by atoms with Crippen LogP contribution in [0.2, 0.25) is 4.34 Å². The number of aromatic nitrogens is 1. The number of carbonyl (C=O) groups is 1. The molecule has 1 amide bonds. The van der Waals surface area contributed by atoms with Gasteiger partial charge in [-0.2, -0.15) is 4.31 Å². The summed E-state index contributed by atoms with van der Waals surface area (Å²) >= 11 is 8.48. The molecule has 3 rings (SSSR count). The fourth-order valence-electron chi connectivity index (χ4n) is 2.73. The van der Waals surface area contributed by atoms with Crippen LogP contribution in [0.25, 0.3) is 0 Å². The molecule has 0 unspecified atom stereocenters. The minimum absolute atomic E-state index is 0.0787. The predicted octanol–water partition coefficient (Wildman–Crippen LogP) is 3.06. The van der Waals surface area contributed by atoms with E-state index in [0.29, 0.717) is 24.0 Å². The smallest absolute Gasteiger partial charge is 0.252 e. The van der Waals surface area contributed by atoms with Crippen LogP contribution in [-0.2, 0) is 21.4 Å². The van der Waals surface area contributed by atoms with Crippen LogP contribution >= 0.6 is 34.3 Å². The molecule has 25 heavy (non-hydrogen) atoms. The van der Waals surface area contributed by atoms with Crippen LogP contribution in [-0.4, -0.2) is 36.7 Å². The van der Waals surface area contributed by atoms with Crippen molar-refractivity contribution in [1.82, 2.24) is 14.6 Å². The number of amides is 1. The molecule has 1 atom stereocenters. The van der Waals surface area contributed by atoms with Crippen molar-refractivity contribution >= 4 is 50.2 Å². The van der Waals surface area contributed by atoms with Gasteiger partial charge in [-0.3, -0.25) is 4.79 Å². The molecule has 10 heteroatoms. The molecule has 2 aromatic rings. The number of sulfonamides is 1. The number of nitrogens with zero attached hydrogens (tertiary/aromatic N) is 2. The second-order valence-corrected chi connectivity index (χ2v) is 10.6. The van der Waals surface area contributed by atoms with Gasteiger partial charge >= 0.3 is 0 Å². The second-order valence-electron chi connectivity index (χ2n) is 5.85. The van der Waals surface area contributed by atoms with Gasteiger partial charge in [-0.05, 0) is 25.0 Å². The largest absolute Gasteiger partial charge is 0.351 e. The first-order valence-electron chi connectivity index (χ1n) is 7.80. The Morgan fingerprint density at radius 2 is 2.28 bits per heavy atom. The van der Waals surface area contributed by atoms with Crippen LogP contribution in [0.3, 0.4) is 0 Å². The standard InChI is InChI=1S/C15H18ClN3O3S3/c1-10(20)17-7-12-9-23-15(18-12)11-3-2-6-19(8-11)25(21,22)14-5-4-13(16)24-14/h4-5,9,11H,2-3,6-8H2,1H3,(H,17,20)/t11-/m0/s1. The lowest BCUT2D eigenvalue weighted by atomic mass is 10.0. The molecule has 1 saturated heterocycles. The molecule has 6 nitrogen and oxygen atoms in total. The van der Waals surface area contributed by atoms with E-state index in [9.17, 15) is 13.2 Å². The van der Waals surface area contributed by atoms with Gasteiger partial charge in [-0.25, -0.2) is 13.4 Å². The maximum Gasteiger partial charge on any atom is 0.252 e. The number of carbonyl (C=O) groups excluding carboxylic acids is 1. The van der Waals surface area contributed by atoms with Crippen LogP contribution in [0.5, 0.6) is 0 Å². The van der Waals surface area contributed by atoms with Crippen molar-refractivity contribution in [3.63, 3.8) is 0 Å². The van der Waals surface area contributed by atoms with Gasteiger partial charge < -0.3 is 5.32 Å². The fraction of sp³-hybridized carbons (Fsp3) is 0.467. The summed E-state index contributed by atoms with van der Waals surface area (Å²) in [6.07, 6.45) is 1.70. The molecule has 3 heterocycles. The van der Waals surface area contributed by atoms with Crippen molar-refractivity contribution in [3.8, 4) is 0 Å². The van der Waals surface area contributed by atoms with Crippen molar-refractivity contribution in [2.45, 2.75) is 36.4 Å². The first-order chi connectivity index (χ1) is 11.9. The topological polar surface area (TPSA) is 79.4 Å². The van der Waals surface area contributed by atoms with Crippen molar-refractivity contribution in [1.29, 1.82) is 0 Å². The molecule has 0 saturated carbocycles.